The van der Waals surface area contributed by atoms with Crippen LogP contribution in [-0.2, 0) is 6.42 Å². The minimum Gasteiger partial charge on any atom is -0.370 e. The van der Waals surface area contributed by atoms with Gasteiger partial charge in [-0.25, -0.2) is 4.39 Å². The molecule has 1 aromatic carbocycles. The van der Waals surface area contributed by atoms with Crippen LogP contribution in [0.15, 0.2) is 24.4 Å². The average Bonchev–Trinajstić information content (AvgIpc) is 2.70. The van der Waals surface area contributed by atoms with Crippen molar-refractivity contribution < 1.29 is 4.39 Å². The second-order valence-corrected chi connectivity index (χ2v) is 4.09. The van der Waals surface area contributed by atoms with Crippen LogP contribution in [0.1, 0.15) is 5.56 Å². The minimum absolute atomic E-state index is 0.0154. The van der Waals surface area contributed by atoms with E-state index in [2.05, 4.69) is 15.6 Å². The van der Waals surface area contributed by atoms with Gasteiger partial charge in [0.05, 0.1) is 0 Å². The number of H-pyrrole nitrogens is 1. The smallest absolute Gasteiger partial charge is 0.195 e. The molecular weight excluding hydrogens is 247 g/mol. The number of aromatic nitrogens is 1. The normalized spacial score (nSPS) is 10.4. The highest BCUT2D eigenvalue weighted by atomic mass is 19.1. The lowest BCUT2D eigenvalue weighted by Crippen LogP contribution is -2.43. The summed E-state index contributed by atoms with van der Waals surface area (Å²) in [4.78, 5) is 3.01. The molecule has 1 heterocycles. The number of guanidine groups is 2. The third kappa shape index (κ3) is 3.21. The molecule has 0 fully saturated rings. The Morgan fingerprint density at radius 3 is 2.89 bits per heavy atom. The molecule has 7 heteroatoms. The van der Waals surface area contributed by atoms with Crippen molar-refractivity contribution in [2.24, 2.45) is 5.73 Å². The summed E-state index contributed by atoms with van der Waals surface area (Å²) in [6.07, 6.45) is 2.50. The SMILES string of the molecule is N=C(N)NC(=N)NCCc1c[nH]c2cc(F)ccc12. The largest absolute Gasteiger partial charge is 0.370 e. The number of nitrogens with two attached hydrogens (primary N) is 1. The van der Waals surface area contributed by atoms with Crippen LogP contribution in [-0.4, -0.2) is 23.4 Å². The molecule has 2 aromatic rings. The summed E-state index contributed by atoms with van der Waals surface area (Å²) >= 11 is 0. The summed E-state index contributed by atoms with van der Waals surface area (Å²) in [7, 11) is 0. The summed E-state index contributed by atoms with van der Waals surface area (Å²) in [5.74, 6) is -0.565. The quantitative estimate of drug-likeness (QED) is 0.364. The summed E-state index contributed by atoms with van der Waals surface area (Å²) in [5.41, 5.74) is 6.90. The van der Waals surface area contributed by atoms with E-state index >= 15 is 0 Å². The summed E-state index contributed by atoms with van der Waals surface area (Å²) in [5, 5.41) is 20.5. The lowest BCUT2D eigenvalue weighted by molar-refractivity contribution is 0.629. The van der Waals surface area contributed by atoms with Crippen LogP contribution in [0.25, 0.3) is 10.9 Å². The summed E-state index contributed by atoms with van der Waals surface area (Å²) < 4.78 is 13.0. The van der Waals surface area contributed by atoms with E-state index in [1.807, 2.05) is 6.20 Å². The number of benzene rings is 1. The standard InChI is InChI=1S/C12H15FN6/c13-8-1-2-9-7(6-18-10(9)5-8)3-4-17-12(16)19-11(14)15/h1-2,5-6,18H,3-4H2,(H6,14,15,16,17,19). The van der Waals surface area contributed by atoms with E-state index in [1.165, 1.54) is 12.1 Å². The van der Waals surface area contributed by atoms with Gasteiger partial charge in [0, 0.05) is 23.6 Å². The average molecular weight is 262 g/mol. The molecule has 0 atom stereocenters. The maximum absolute atomic E-state index is 13.0. The highest BCUT2D eigenvalue weighted by Gasteiger charge is 2.04. The maximum atomic E-state index is 13.0. The molecule has 7 N–H and O–H groups in total. The highest BCUT2D eigenvalue weighted by Crippen LogP contribution is 2.19. The molecule has 0 saturated carbocycles. The molecular formula is C12H15FN6. The van der Waals surface area contributed by atoms with E-state index < -0.39 is 0 Å². The predicted molar refractivity (Wildman–Crippen MR) is 72.7 cm³/mol. The number of halogens is 1. The Morgan fingerprint density at radius 1 is 1.37 bits per heavy atom. The number of hydrogen-bond donors (Lipinski definition) is 6. The molecule has 0 spiro atoms. The van der Waals surface area contributed by atoms with Crippen molar-refractivity contribution in [2.45, 2.75) is 6.42 Å². The molecule has 1 aromatic heterocycles. The van der Waals surface area contributed by atoms with Gasteiger partial charge in [-0.1, -0.05) is 0 Å². The molecule has 0 aliphatic carbocycles. The van der Waals surface area contributed by atoms with Crippen molar-refractivity contribution in [3.05, 3.63) is 35.8 Å². The Balaban J connectivity index is 1.95. The van der Waals surface area contributed by atoms with Crippen molar-refractivity contribution in [3.63, 3.8) is 0 Å². The third-order valence-corrected chi connectivity index (χ3v) is 2.69. The third-order valence-electron chi connectivity index (χ3n) is 2.69. The second-order valence-electron chi connectivity index (χ2n) is 4.09. The topological polar surface area (TPSA) is 114 Å². The fraction of sp³-hybridized carbons (Fsp3) is 0.167. The van der Waals surface area contributed by atoms with Gasteiger partial charge in [-0.15, -0.1) is 0 Å². The number of fused-ring (bicyclic) bond motifs is 1. The van der Waals surface area contributed by atoms with Crippen LogP contribution >= 0.6 is 0 Å². The first-order valence-electron chi connectivity index (χ1n) is 5.75. The van der Waals surface area contributed by atoms with E-state index in [4.69, 9.17) is 16.6 Å². The van der Waals surface area contributed by atoms with Crippen molar-refractivity contribution in [2.75, 3.05) is 6.54 Å². The van der Waals surface area contributed by atoms with Gasteiger partial charge in [-0.05, 0) is 30.2 Å². The van der Waals surface area contributed by atoms with E-state index in [0.29, 0.717) is 13.0 Å². The second kappa shape index (κ2) is 5.38. The van der Waals surface area contributed by atoms with E-state index in [9.17, 15) is 4.39 Å². The van der Waals surface area contributed by atoms with Crippen LogP contribution in [0.2, 0.25) is 0 Å². The predicted octanol–water partition coefficient (Wildman–Crippen LogP) is 0.857. The Labute approximate surface area is 109 Å². The van der Waals surface area contributed by atoms with Crippen LogP contribution in [0.3, 0.4) is 0 Å². The van der Waals surface area contributed by atoms with Crippen LogP contribution in [0.4, 0.5) is 4.39 Å². The molecule has 0 radical (unpaired) electrons. The molecule has 0 aliphatic heterocycles. The van der Waals surface area contributed by atoms with Gasteiger partial charge in [0.1, 0.15) is 5.82 Å². The fourth-order valence-electron chi connectivity index (χ4n) is 1.87. The molecule has 2 rings (SSSR count). The Bertz CT molecular complexity index is 618. The number of aromatic amines is 1. The summed E-state index contributed by atoms with van der Waals surface area (Å²) in [6.45, 7) is 0.517. The van der Waals surface area contributed by atoms with Gasteiger partial charge in [0.2, 0.25) is 0 Å². The van der Waals surface area contributed by atoms with Gasteiger partial charge < -0.3 is 16.0 Å². The van der Waals surface area contributed by atoms with Crippen LogP contribution < -0.4 is 16.4 Å². The van der Waals surface area contributed by atoms with Crippen LogP contribution in [0.5, 0.6) is 0 Å². The zero-order chi connectivity index (χ0) is 13.8. The first-order chi connectivity index (χ1) is 9.06. The zero-order valence-electron chi connectivity index (χ0n) is 10.2. The Morgan fingerprint density at radius 2 is 2.16 bits per heavy atom. The molecule has 0 amide bonds. The zero-order valence-corrected chi connectivity index (χ0v) is 10.2. The lowest BCUT2D eigenvalue weighted by atomic mass is 10.1. The first-order valence-corrected chi connectivity index (χ1v) is 5.75. The van der Waals surface area contributed by atoms with Crippen molar-refractivity contribution in [1.82, 2.24) is 15.6 Å². The van der Waals surface area contributed by atoms with Gasteiger partial charge in [0.25, 0.3) is 0 Å². The summed E-state index contributed by atoms with van der Waals surface area (Å²) in [6, 6.07) is 4.60. The van der Waals surface area contributed by atoms with Gasteiger partial charge in [0.15, 0.2) is 11.9 Å². The van der Waals surface area contributed by atoms with Gasteiger partial charge in [-0.2, -0.15) is 0 Å². The van der Waals surface area contributed by atoms with Crippen molar-refractivity contribution >= 4 is 22.8 Å². The van der Waals surface area contributed by atoms with Crippen LogP contribution in [0, 0.1) is 16.6 Å². The number of rotatable bonds is 3. The number of nitrogens with one attached hydrogen (secondary N) is 5. The number of hydrogen-bond acceptors (Lipinski definition) is 2. The van der Waals surface area contributed by atoms with Gasteiger partial charge in [-0.3, -0.25) is 16.1 Å². The molecule has 0 bridgehead atoms. The monoisotopic (exact) mass is 262 g/mol. The Hall–Kier alpha value is -2.57. The van der Waals surface area contributed by atoms with E-state index in [1.54, 1.807) is 6.07 Å². The highest BCUT2D eigenvalue weighted by molar-refractivity contribution is 5.94. The lowest BCUT2D eigenvalue weighted by Gasteiger charge is -2.08. The van der Waals surface area contributed by atoms with Crippen molar-refractivity contribution in [1.29, 1.82) is 10.8 Å². The molecule has 0 aliphatic rings. The van der Waals surface area contributed by atoms with E-state index in [0.717, 1.165) is 16.5 Å². The van der Waals surface area contributed by atoms with E-state index in [-0.39, 0.29) is 17.7 Å². The van der Waals surface area contributed by atoms with Crippen molar-refractivity contribution in [3.8, 4) is 0 Å². The molecule has 6 nitrogen and oxygen atoms in total. The van der Waals surface area contributed by atoms with Gasteiger partial charge >= 0.3 is 0 Å². The Kier molecular flexibility index (Phi) is 3.65. The maximum Gasteiger partial charge on any atom is 0.195 e. The molecule has 0 unspecified atom stereocenters. The molecule has 0 saturated heterocycles. The molecule has 100 valence electrons. The first kappa shape index (κ1) is 12.9. The fourth-order valence-corrected chi connectivity index (χ4v) is 1.87. The minimum atomic E-state index is -0.278. The molecule has 19 heavy (non-hydrogen) atoms.